The second kappa shape index (κ2) is 24.8. The maximum absolute atomic E-state index is 15.5. The van der Waals surface area contributed by atoms with Gasteiger partial charge < -0.3 is 51.0 Å². The van der Waals surface area contributed by atoms with E-state index in [4.69, 9.17) is 14.5 Å². The molecule has 4 aromatic rings. The van der Waals surface area contributed by atoms with Gasteiger partial charge in [0.25, 0.3) is 5.56 Å². The van der Waals surface area contributed by atoms with Crippen LogP contribution in [0.1, 0.15) is 129 Å². The van der Waals surface area contributed by atoms with E-state index in [0.717, 1.165) is 22.1 Å². The number of esters is 1. The summed E-state index contributed by atoms with van der Waals surface area (Å²) < 4.78 is 28.2. The molecule has 7 N–H and O–H groups in total. The molecule has 5 aliphatic rings. The minimum Gasteiger partial charge on any atom is -0.458 e. The molecule has 1 saturated heterocycles. The summed E-state index contributed by atoms with van der Waals surface area (Å²) in [6.45, 7) is 3.73. The maximum Gasteiger partial charge on any atom is 0.343 e. The van der Waals surface area contributed by atoms with Gasteiger partial charge in [0.15, 0.2) is 5.60 Å². The molecule has 4 atom stereocenters. The average Bonchev–Trinajstić information content (AvgIpc) is 3.22. The molecule has 81 heavy (non-hydrogen) atoms. The minimum absolute atomic E-state index is 0.0241. The Morgan fingerprint density at radius 3 is 2.31 bits per heavy atom. The minimum atomic E-state index is -2.02. The number of likely N-dealkylation sites (tertiary alicyclic amines) is 1. The fraction of sp³-hybridized carbons (Fsp3) is 0.500. The van der Waals surface area contributed by atoms with Crippen molar-refractivity contribution in [3.05, 3.63) is 97.6 Å². The highest BCUT2D eigenvalue weighted by molar-refractivity contribution is 6.03. The predicted molar refractivity (Wildman–Crippen MR) is 288 cm³/mol. The molecule has 2 fully saturated rings. The van der Waals surface area contributed by atoms with E-state index in [9.17, 15) is 53.1 Å². The van der Waals surface area contributed by atoms with Crippen LogP contribution in [0.5, 0.6) is 0 Å². The summed E-state index contributed by atoms with van der Waals surface area (Å²) in [6.07, 6.45) is 4.78. The van der Waals surface area contributed by atoms with Gasteiger partial charge in [-0.2, -0.15) is 0 Å². The smallest absolute Gasteiger partial charge is 0.343 e. The van der Waals surface area contributed by atoms with Crippen molar-refractivity contribution in [1.29, 1.82) is 0 Å². The first-order chi connectivity index (χ1) is 38.8. The number of unbranched alkanes of at least 4 members (excludes halogenated alkanes) is 2. The van der Waals surface area contributed by atoms with E-state index in [0.29, 0.717) is 92.4 Å². The quantitative estimate of drug-likeness (QED) is 0.0227. The lowest BCUT2D eigenvalue weighted by atomic mass is 9.81. The second-order valence-corrected chi connectivity index (χ2v) is 21.7. The number of halogens is 1. The number of nitrogens with one attached hydrogen (secondary N) is 6. The molecule has 9 rings (SSSR count). The zero-order chi connectivity index (χ0) is 57.7. The van der Waals surface area contributed by atoms with Gasteiger partial charge in [0.05, 0.1) is 60.8 Å². The number of cyclic esters (lactones) is 1. The Bertz CT molecular complexity index is 3250. The Balaban J connectivity index is 0.718. The molecule has 8 amide bonds. The van der Waals surface area contributed by atoms with Crippen LogP contribution in [0, 0.1) is 24.6 Å². The lowest BCUT2D eigenvalue weighted by molar-refractivity contribution is -0.172. The summed E-state index contributed by atoms with van der Waals surface area (Å²) in [5, 5.41) is 28.2. The Kier molecular flexibility index (Phi) is 17.7. The van der Waals surface area contributed by atoms with Crippen molar-refractivity contribution < 1.29 is 62.1 Å². The number of aliphatic hydroxyl groups is 1. The summed E-state index contributed by atoms with van der Waals surface area (Å²) >= 11 is 0. The van der Waals surface area contributed by atoms with Crippen LogP contribution >= 0.6 is 0 Å². The molecule has 3 aliphatic heterocycles. The summed E-state index contributed by atoms with van der Waals surface area (Å²) in [5.41, 5.74) is 2.53. The highest BCUT2D eigenvalue weighted by Gasteiger charge is 2.46. The molecule has 0 radical (unpaired) electrons. The van der Waals surface area contributed by atoms with Crippen molar-refractivity contribution in [2.45, 2.75) is 141 Å². The van der Waals surface area contributed by atoms with Crippen LogP contribution in [-0.2, 0) is 84.2 Å². The molecule has 23 heteroatoms. The Morgan fingerprint density at radius 1 is 0.864 bits per heavy atom. The van der Waals surface area contributed by atoms with E-state index in [2.05, 4.69) is 31.9 Å². The van der Waals surface area contributed by atoms with Crippen LogP contribution in [-0.4, -0.2) is 118 Å². The number of fused-ring (bicyclic) bond motifs is 5. The molecular formula is C58H68FN9O13. The van der Waals surface area contributed by atoms with Gasteiger partial charge in [-0.1, -0.05) is 50.6 Å². The number of carbonyl (C=O) groups is 9. The molecule has 2 aromatic heterocycles. The Hall–Kier alpha value is -7.92. The Labute approximate surface area is 466 Å². The van der Waals surface area contributed by atoms with Gasteiger partial charge in [-0.05, 0) is 93.0 Å². The average molecular weight is 1120 g/mol. The van der Waals surface area contributed by atoms with Crippen LogP contribution in [0.25, 0.3) is 22.3 Å². The SMILES string of the molecule is CC[C@@]1(O)C(=O)OCc2c1cc1n(c2=O)Cc2c-1nc1cc(F)c(C)c3c1c2[C@@H](NC(=O)[C@H]1CC[C@@H](OCNC(=O)CNC(=O)[C@H](Cc2ccccc2)NC(=O)CNC(=O)CNC(=O)CCCCCN2C(=O)CC(C)C2=O)CC1)CC3. The molecule has 1 saturated carbocycles. The number of ether oxygens (including phenoxy) is 2. The van der Waals surface area contributed by atoms with Crippen molar-refractivity contribution in [3.63, 3.8) is 0 Å². The lowest BCUT2D eigenvalue weighted by Crippen LogP contribution is -2.52. The van der Waals surface area contributed by atoms with Crippen molar-refractivity contribution in [1.82, 2.24) is 46.4 Å². The fourth-order valence-corrected chi connectivity index (χ4v) is 11.7. The molecule has 0 spiro atoms. The molecule has 0 bridgehead atoms. The summed E-state index contributed by atoms with van der Waals surface area (Å²) in [5.74, 6) is -5.34. The number of hydrogen-bond acceptors (Lipinski definition) is 14. The second-order valence-electron chi connectivity index (χ2n) is 21.7. The molecule has 2 aromatic carbocycles. The van der Waals surface area contributed by atoms with Crippen LogP contribution in [0.15, 0.2) is 47.3 Å². The zero-order valence-electron chi connectivity index (χ0n) is 45.6. The zero-order valence-corrected chi connectivity index (χ0v) is 45.6. The van der Waals surface area contributed by atoms with E-state index in [-0.39, 0.29) is 105 Å². The summed E-state index contributed by atoms with van der Waals surface area (Å²) in [6, 6.07) is 10.3. The maximum atomic E-state index is 15.5. The van der Waals surface area contributed by atoms with E-state index >= 15 is 4.39 Å². The summed E-state index contributed by atoms with van der Waals surface area (Å²) in [4.78, 5) is 135. The van der Waals surface area contributed by atoms with Gasteiger partial charge in [-0.3, -0.25) is 48.1 Å². The van der Waals surface area contributed by atoms with E-state index in [1.54, 1.807) is 57.2 Å². The predicted octanol–water partition coefficient (Wildman–Crippen LogP) is 2.31. The topological polar surface area (TPSA) is 303 Å². The van der Waals surface area contributed by atoms with Gasteiger partial charge in [0, 0.05) is 60.2 Å². The van der Waals surface area contributed by atoms with Gasteiger partial charge in [-0.25, -0.2) is 14.2 Å². The van der Waals surface area contributed by atoms with Crippen LogP contribution < -0.4 is 37.5 Å². The van der Waals surface area contributed by atoms with E-state index < -0.39 is 71.7 Å². The van der Waals surface area contributed by atoms with Crippen LogP contribution in [0.2, 0.25) is 0 Å². The standard InChI is InChI=1S/C58H68FN9O13/c1-4-58(79)39-23-44-52-37(28-68(44)56(77)38(39)29-80-57(58)78)51-41(19-18-36-32(3)40(59)24-42(65-52)50(36)51)66-53(74)34-14-16-35(17-15-34)81-30-63-47(71)26-62-54(75)43(22-33-11-7-5-8-12-33)64-48(72)27-61-46(70)25-60-45(69)13-9-6-10-20-67-49(73)21-31(2)55(67)76/h5,7-8,11-12,23-24,31,34-35,41,43,79H,4,6,9-10,13-22,25-30H2,1-3H3,(H,60,69)(H,61,70)(H,62,75)(H,63,71)(H,64,72)(H,66,74)/t31?,34-,35+,41-,43-,58-/m0/s1. The number of carbonyl (C=O) groups excluding carboxylic acids is 9. The molecule has 22 nitrogen and oxygen atoms in total. The normalized spacial score (nSPS) is 21.0. The van der Waals surface area contributed by atoms with E-state index in [1.165, 1.54) is 15.5 Å². The third-order valence-corrected chi connectivity index (χ3v) is 16.3. The van der Waals surface area contributed by atoms with Crippen molar-refractivity contribution in [2.24, 2.45) is 11.8 Å². The number of aromatic nitrogens is 2. The van der Waals surface area contributed by atoms with Gasteiger partial charge in [0.2, 0.25) is 47.3 Å². The van der Waals surface area contributed by atoms with Crippen LogP contribution in [0.4, 0.5) is 4.39 Å². The van der Waals surface area contributed by atoms with Crippen LogP contribution in [0.3, 0.4) is 0 Å². The highest BCUT2D eigenvalue weighted by atomic mass is 19.1. The fourth-order valence-electron chi connectivity index (χ4n) is 11.7. The molecule has 2 aliphatic carbocycles. The molecule has 430 valence electrons. The number of benzene rings is 2. The number of imide groups is 1. The third kappa shape index (κ3) is 12.5. The number of hydrogen-bond donors (Lipinski definition) is 7. The lowest BCUT2D eigenvalue weighted by Gasteiger charge is -2.32. The van der Waals surface area contributed by atoms with Gasteiger partial charge >= 0.3 is 5.97 Å². The first-order valence-corrected chi connectivity index (χ1v) is 27.8. The van der Waals surface area contributed by atoms with Crippen molar-refractivity contribution in [2.75, 3.05) is 32.9 Å². The number of amides is 8. The van der Waals surface area contributed by atoms with Gasteiger partial charge in [0.1, 0.15) is 25.2 Å². The molecule has 5 heterocycles. The number of rotatable bonds is 22. The molecular weight excluding hydrogens is 1050 g/mol. The number of nitrogens with zero attached hydrogens (tertiary/aromatic N) is 3. The summed E-state index contributed by atoms with van der Waals surface area (Å²) in [7, 11) is 0. The Morgan fingerprint density at radius 2 is 1.58 bits per heavy atom. The first-order valence-electron chi connectivity index (χ1n) is 27.8. The largest absolute Gasteiger partial charge is 0.458 e. The van der Waals surface area contributed by atoms with Crippen molar-refractivity contribution >= 4 is 64.1 Å². The number of pyridine rings is 2. The molecule has 1 unspecified atom stereocenters. The number of aryl methyl sites for hydroxylation is 1. The van der Waals surface area contributed by atoms with E-state index in [1.807, 2.05) is 0 Å². The first kappa shape index (κ1) is 57.8. The monoisotopic (exact) mass is 1120 g/mol. The van der Waals surface area contributed by atoms with Crippen molar-refractivity contribution in [3.8, 4) is 11.4 Å². The third-order valence-electron chi connectivity index (χ3n) is 16.3. The highest BCUT2D eigenvalue weighted by Crippen LogP contribution is 2.46. The van der Waals surface area contributed by atoms with Gasteiger partial charge in [-0.15, -0.1) is 0 Å².